The third-order valence-electron chi connectivity index (χ3n) is 7.88. The van der Waals surface area contributed by atoms with Crippen molar-refractivity contribution in [1.29, 1.82) is 0 Å². The summed E-state index contributed by atoms with van der Waals surface area (Å²) in [5, 5.41) is -0.249. The molecule has 0 radical (unpaired) electrons. The zero-order valence-corrected chi connectivity index (χ0v) is 24.6. The predicted molar refractivity (Wildman–Crippen MR) is 167 cm³/mol. The highest BCUT2D eigenvalue weighted by atomic mass is 35.5. The third kappa shape index (κ3) is 6.68. The summed E-state index contributed by atoms with van der Waals surface area (Å²) in [5.74, 6) is -1.64. The second kappa shape index (κ2) is 13.4. The van der Waals surface area contributed by atoms with Gasteiger partial charge in [-0.1, -0.05) is 84.4 Å². The van der Waals surface area contributed by atoms with Crippen LogP contribution in [0.25, 0.3) is 11.1 Å². The van der Waals surface area contributed by atoms with Crippen LogP contribution in [0.4, 0.5) is 18.9 Å². The molecule has 0 saturated carbocycles. The Morgan fingerprint density at radius 2 is 1.39 bits per heavy atom. The van der Waals surface area contributed by atoms with Crippen molar-refractivity contribution in [3.05, 3.63) is 142 Å². The Hall–Kier alpha value is -4.49. The molecule has 0 aliphatic carbocycles. The number of nitrogens with zero attached hydrogens (tertiary/aromatic N) is 2. The average Bonchev–Trinajstić information content (AvgIpc) is 3.06. The monoisotopic (exact) mass is 614 g/mol. The van der Waals surface area contributed by atoms with Gasteiger partial charge in [0.05, 0.1) is 10.7 Å². The first-order valence-electron chi connectivity index (χ1n) is 14.5. The Balaban J connectivity index is 1.20. The summed E-state index contributed by atoms with van der Waals surface area (Å²) in [7, 11) is 0. The van der Waals surface area contributed by atoms with Crippen molar-refractivity contribution in [3.8, 4) is 22.9 Å². The maximum Gasteiger partial charge on any atom is 0.225 e. The second-order valence-corrected chi connectivity index (χ2v) is 11.2. The van der Waals surface area contributed by atoms with E-state index < -0.39 is 11.6 Å². The molecule has 0 amide bonds. The van der Waals surface area contributed by atoms with Crippen molar-refractivity contribution >= 4 is 17.3 Å². The van der Waals surface area contributed by atoms with Gasteiger partial charge in [0.25, 0.3) is 0 Å². The Labute approximate surface area is 259 Å². The molecule has 1 aliphatic heterocycles. The molecule has 0 unspecified atom stereocenters. The molecule has 224 valence electrons. The Kier molecular flexibility index (Phi) is 9.03. The van der Waals surface area contributed by atoms with Crippen LogP contribution in [0, 0.1) is 17.5 Å². The van der Waals surface area contributed by atoms with Gasteiger partial charge in [-0.05, 0) is 65.3 Å². The number of halogens is 4. The van der Waals surface area contributed by atoms with Crippen LogP contribution in [0.3, 0.4) is 0 Å². The molecule has 1 saturated heterocycles. The van der Waals surface area contributed by atoms with Crippen LogP contribution >= 0.6 is 11.6 Å². The molecule has 4 nitrogen and oxygen atoms in total. The Morgan fingerprint density at radius 3 is 2.05 bits per heavy atom. The lowest BCUT2D eigenvalue weighted by Crippen LogP contribution is -2.33. The third-order valence-corrected chi connectivity index (χ3v) is 8.18. The fourth-order valence-electron chi connectivity index (χ4n) is 5.51. The number of benzene rings is 4. The minimum atomic E-state index is -1.05. The fourth-order valence-corrected chi connectivity index (χ4v) is 5.65. The predicted octanol–water partition coefficient (Wildman–Crippen LogP) is 9.36. The van der Waals surface area contributed by atoms with Crippen LogP contribution in [-0.4, -0.2) is 18.1 Å². The summed E-state index contributed by atoms with van der Waals surface area (Å²) in [4.78, 5) is 6.42. The molecule has 5 aromatic rings. The molecule has 8 heteroatoms. The van der Waals surface area contributed by atoms with E-state index in [1.807, 2.05) is 72.8 Å². The number of ether oxygens (including phenoxy) is 2. The van der Waals surface area contributed by atoms with Gasteiger partial charge in [0, 0.05) is 24.7 Å². The highest BCUT2D eigenvalue weighted by Crippen LogP contribution is 2.37. The normalized spacial score (nSPS) is 13.6. The van der Waals surface area contributed by atoms with Gasteiger partial charge in [-0.3, -0.25) is 0 Å². The van der Waals surface area contributed by atoms with E-state index in [1.165, 1.54) is 18.2 Å². The molecule has 1 aliphatic rings. The van der Waals surface area contributed by atoms with Crippen LogP contribution < -0.4 is 14.4 Å². The maximum atomic E-state index is 15.6. The molecule has 2 heterocycles. The molecule has 1 fully saturated rings. The van der Waals surface area contributed by atoms with E-state index in [1.54, 1.807) is 17.0 Å². The summed E-state index contributed by atoms with van der Waals surface area (Å²) < 4.78 is 56.2. The molecule has 0 bridgehead atoms. The molecule has 1 aromatic heterocycles. The highest BCUT2D eigenvalue weighted by Gasteiger charge is 2.26. The van der Waals surface area contributed by atoms with Crippen LogP contribution in [-0.2, 0) is 13.2 Å². The van der Waals surface area contributed by atoms with E-state index in [0.29, 0.717) is 67.6 Å². The first kappa shape index (κ1) is 29.6. The Morgan fingerprint density at radius 1 is 0.727 bits per heavy atom. The smallest absolute Gasteiger partial charge is 0.225 e. The summed E-state index contributed by atoms with van der Waals surface area (Å²) in [6.45, 7) is 1.58. The second-order valence-electron chi connectivity index (χ2n) is 10.7. The quantitative estimate of drug-likeness (QED) is 0.155. The molecular weight excluding hydrogens is 585 g/mol. The van der Waals surface area contributed by atoms with E-state index in [0.717, 1.165) is 11.1 Å². The first-order valence-corrected chi connectivity index (χ1v) is 14.9. The lowest BCUT2D eigenvalue weighted by molar-refractivity contribution is 0.268. The molecular formula is C36H30ClF3N2O2. The maximum absolute atomic E-state index is 15.6. The summed E-state index contributed by atoms with van der Waals surface area (Å²) in [6, 6.07) is 31.2. The number of hydrogen-bond acceptors (Lipinski definition) is 4. The van der Waals surface area contributed by atoms with E-state index in [4.69, 9.17) is 21.1 Å². The van der Waals surface area contributed by atoms with Crippen molar-refractivity contribution in [2.24, 2.45) is 0 Å². The van der Waals surface area contributed by atoms with Crippen molar-refractivity contribution < 1.29 is 22.6 Å². The van der Waals surface area contributed by atoms with E-state index in [2.05, 4.69) is 4.98 Å². The van der Waals surface area contributed by atoms with Gasteiger partial charge in [0.15, 0.2) is 11.6 Å². The van der Waals surface area contributed by atoms with Crippen LogP contribution in [0.5, 0.6) is 11.8 Å². The van der Waals surface area contributed by atoms with E-state index in [-0.39, 0.29) is 22.4 Å². The lowest BCUT2D eigenvalue weighted by atomic mass is 9.88. The summed E-state index contributed by atoms with van der Waals surface area (Å²) in [5.41, 5.74) is 4.04. The minimum Gasteiger partial charge on any atom is -0.473 e. The number of aromatic nitrogens is 1. The molecule has 44 heavy (non-hydrogen) atoms. The number of rotatable bonds is 9. The zero-order valence-electron chi connectivity index (χ0n) is 23.9. The number of pyridine rings is 1. The average molecular weight is 615 g/mol. The van der Waals surface area contributed by atoms with Gasteiger partial charge in [-0.2, -0.15) is 4.98 Å². The lowest BCUT2D eigenvalue weighted by Gasteiger charge is -2.34. The first-order chi connectivity index (χ1) is 21.5. The minimum absolute atomic E-state index is 0.0544. The number of anilines is 1. The molecule has 0 spiro atoms. The van der Waals surface area contributed by atoms with Crippen molar-refractivity contribution in [3.63, 3.8) is 0 Å². The largest absolute Gasteiger partial charge is 0.473 e. The topological polar surface area (TPSA) is 34.6 Å². The van der Waals surface area contributed by atoms with Gasteiger partial charge in [0.2, 0.25) is 11.8 Å². The number of piperidine rings is 1. The highest BCUT2D eigenvalue weighted by molar-refractivity contribution is 6.30. The van der Waals surface area contributed by atoms with Crippen molar-refractivity contribution in [2.75, 3.05) is 18.0 Å². The molecule has 0 N–H and O–H groups in total. The van der Waals surface area contributed by atoms with Gasteiger partial charge in [0.1, 0.15) is 19.0 Å². The standard InChI is InChI=1S/C36H30ClF3N2O2/c37-30-14-15-32(35(40)34(30)39)42-19-17-26(18-20-42)28-12-11-27(21-31(28)38)29-13-16-33(43-22-24-7-3-1-4-8-24)41-36(29)44-23-25-9-5-2-6-10-25/h1-16,21,26H,17-20,22-23H2. The molecule has 6 rings (SSSR count). The van der Waals surface area contributed by atoms with Gasteiger partial charge < -0.3 is 14.4 Å². The van der Waals surface area contributed by atoms with E-state index >= 15 is 4.39 Å². The molecule has 0 atom stereocenters. The number of hydrogen-bond donors (Lipinski definition) is 0. The van der Waals surface area contributed by atoms with Crippen molar-refractivity contribution in [1.82, 2.24) is 4.98 Å². The van der Waals surface area contributed by atoms with Crippen LogP contribution in [0.1, 0.15) is 35.4 Å². The fraction of sp³-hybridized carbons (Fsp3) is 0.194. The Bertz CT molecular complexity index is 1730. The molecule has 4 aromatic carbocycles. The SMILES string of the molecule is Fc1cc(-c2ccc(OCc3ccccc3)nc2OCc2ccccc2)ccc1C1CCN(c2ccc(Cl)c(F)c2F)CC1. The van der Waals surface area contributed by atoms with Crippen molar-refractivity contribution in [2.45, 2.75) is 32.0 Å². The summed E-state index contributed by atoms with van der Waals surface area (Å²) >= 11 is 5.71. The van der Waals surface area contributed by atoms with E-state index in [9.17, 15) is 8.78 Å². The van der Waals surface area contributed by atoms with Crippen LogP contribution in [0.2, 0.25) is 5.02 Å². The van der Waals surface area contributed by atoms with Crippen LogP contribution in [0.15, 0.2) is 103 Å². The van der Waals surface area contributed by atoms with Gasteiger partial charge >= 0.3 is 0 Å². The van der Waals surface area contributed by atoms with Gasteiger partial charge in [-0.25, -0.2) is 13.2 Å². The zero-order chi connectivity index (χ0) is 30.5. The van der Waals surface area contributed by atoms with Gasteiger partial charge in [-0.15, -0.1) is 0 Å². The summed E-state index contributed by atoms with van der Waals surface area (Å²) in [6.07, 6.45) is 1.20.